The molecule has 2 heterocycles. The van der Waals surface area contributed by atoms with Crippen molar-refractivity contribution >= 4 is 34.4 Å². The van der Waals surface area contributed by atoms with Crippen LogP contribution in [0.5, 0.6) is 0 Å². The molecule has 0 N–H and O–H groups in total. The maximum atomic E-state index is 12.7. The summed E-state index contributed by atoms with van der Waals surface area (Å²) in [6.07, 6.45) is 6.71. The van der Waals surface area contributed by atoms with Crippen LogP contribution in [0.1, 0.15) is 11.3 Å². The molecule has 6 atom stereocenters. The lowest BCUT2D eigenvalue weighted by atomic mass is 9.63. The van der Waals surface area contributed by atoms with Crippen molar-refractivity contribution in [2.45, 2.75) is 6.42 Å². The molecule has 1 aromatic heterocycles. The van der Waals surface area contributed by atoms with Gasteiger partial charge in [0.25, 0.3) is 11.8 Å². The fourth-order valence-electron chi connectivity index (χ4n) is 4.68. The van der Waals surface area contributed by atoms with Crippen LogP contribution in [0.4, 0.5) is 5.00 Å². The van der Waals surface area contributed by atoms with Gasteiger partial charge >= 0.3 is 5.00 Å². The van der Waals surface area contributed by atoms with E-state index in [4.69, 9.17) is 0 Å². The van der Waals surface area contributed by atoms with Gasteiger partial charge in [0.05, 0.1) is 27.9 Å². The first kappa shape index (κ1) is 14.0. The second kappa shape index (κ2) is 4.60. The van der Waals surface area contributed by atoms with Gasteiger partial charge in [0.1, 0.15) is 0 Å². The Bertz CT molecular complexity index is 808. The molecule has 1 saturated heterocycles. The predicted octanol–water partition coefficient (Wildman–Crippen LogP) is 2.04. The molecule has 2 saturated carbocycles. The summed E-state index contributed by atoms with van der Waals surface area (Å²) in [4.78, 5) is 36.2. The number of amides is 2. The van der Waals surface area contributed by atoms with Gasteiger partial charge in [0, 0.05) is 6.07 Å². The fraction of sp³-hybridized carbons (Fsp3) is 0.438. The summed E-state index contributed by atoms with van der Waals surface area (Å²) in [6.45, 7) is 0. The van der Waals surface area contributed by atoms with E-state index in [9.17, 15) is 19.7 Å². The Morgan fingerprint density at radius 1 is 1.17 bits per heavy atom. The van der Waals surface area contributed by atoms with Crippen molar-refractivity contribution < 1.29 is 14.5 Å². The third-order valence-electron chi connectivity index (χ3n) is 5.73. The number of hydrogen-bond donors (Lipinski definition) is 0. The van der Waals surface area contributed by atoms with Gasteiger partial charge in [-0.3, -0.25) is 19.7 Å². The molecule has 2 bridgehead atoms. The summed E-state index contributed by atoms with van der Waals surface area (Å²) in [5, 5.41) is 15.8. The highest BCUT2D eigenvalue weighted by molar-refractivity contribution is 7.16. The first-order valence-electron chi connectivity index (χ1n) is 7.90. The third kappa shape index (κ3) is 1.74. The SMILES string of the molecule is O=C1[C@@H]2[C@H]3C=C[C@H]([C@H]4C[C@H]34)[C@@H]2C(=O)N1/N=C\c1ccc([N+](=O)[O-])s1. The molecule has 1 aliphatic heterocycles. The largest absolute Gasteiger partial charge is 0.324 e. The fourth-order valence-corrected chi connectivity index (χ4v) is 5.37. The highest BCUT2D eigenvalue weighted by Crippen LogP contribution is 2.65. The van der Waals surface area contributed by atoms with Crippen molar-refractivity contribution in [3.05, 3.63) is 39.3 Å². The van der Waals surface area contributed by atoms with Gasteiger partial charge in [-0.15, -0.1) is 0 Å². The normalized spacial score (nSPS) is 38.8. The molecule has 122 valence electrons. The van der Waals surface area contributed by atoms with E-state index in [1.165, 1.54) is 12.3 Å². The van der Waals surface area contributed by atoms with Crippen molar-refractivity contribution in [2.75, 3.05) is 0 Å². The standard InChI is InChI=1S/C16H13N3O4S/c20-15-13-8-2-3-9(11-5-10(8)11)14(13)16(21)18(15)17-6-7-1-4-12(24-7)19(22)23/h1-4,6,8-11,13-14H,5H2/b17-6-/t8-,9+,10-,11-,13+,14-/m1/s1. The Kier molecular flexibility index (Phi) is 2.69. The highest BCUT2D eigenvalue weighted by Gasteiger charge is 2.67. The maximum absolute atomic E-state index is 12.7. The van der Waals surface area contributed by atoms with Crippen LogP contribution in [0, 0.1) is 45.6 Å². The highest BCUT2D eigenvalue weighted by atomic mass is 32.1. The molecular weight excluding hydrogens is 330 g/mol. The molecular formula is C16H13N3O4S. The number of rotatable bonds is 3. The van der Waals surface area contributed by atoms with Gasteiger partial charge in [0.2, 0.25) is 0 Å². The van der Waals surface area contributed by atoms with Crippen LogP contribution in [-0.4, -0.2) is 28.0 Å². The lowest BCUT2D eigenvalue weighted by Crippen LogP contribution is -2.40. The summed E-state index contributed by atoms with van der Waals surface area (Å²) in [5.74, 6) is 0.462. The van der Waals surface area contributed by atoms with E-state index in [-0.39, 0.29) is 40.5 Å². The summed E-state index contributed by atoms with van der Waals surface area (Å²) in [6, 6.07) is 2.95. The topological polar surface area (TPSA) is 92.9 Å². The maximum Gasteiger partial charge on any atom is 0.324 e. The molecule has 0 aromatic carbocycles. The molecule has 24 heavy (non-hydrogen) atoms. The van der Waals surface area contributed by atoms with E-state index >= 15 is 0 Å². The summed E-state index contributed by atoms with van der Waals surface area (Å²) in [7, 11) is 0. The summed E-state index contributed by atoms with van der Waals surface area (Å²) < 4.78 is 0. The van der Waals surface area contributed by atoms with Crippen LogP contribution in [0.3, 0.4) is 0 Å². The van der Waals surface area contributed by atoms with E-state index in [2.05, 4.69) is 17.3 Å². The average Bonchev–Trinajstić information content (AvgIpc) is 3.20. The van der Waals surface area contributed by atoms with Gasteiger partial charge in [-0.2, -0.15) is 10.1 Å². The minimum absolute atomic E-state index is 0.00604. The van der Waals surface area contributed by atoms with Crippen molar-refractivity contribution in [3.63, 3.8) is 0 Å². The predicted molar refractivity (Wildman–Crippen MR) is 85.1 cm³/mol. The van der Waals surface area contributed by atoms with Crippen LogP contribution in [0.25, 0.3) is 0 Å². The zero-order chi connectivity index (χ0) is 16.6. The van der Waals surface area contributed by atoms with E-state index in [1.807, 2.05) is 0 Å². The molecule has 4 aliphatic carbocycles. The first-order valence-corrected chi connectivity index (χ1v) is 8.72. The molecule has 3 fully saturated rings. The molecule has 7 nitrogen and oxygen atoms in total. The van der Waals surface area contributed by atoms with E-state index in [1.54, 1.807) is 6.07 Å². The third-order valence-corrected chi connectivity index (χ3v) is 6.70. The number of thiophene rings is 1. The Labute approximate surface area is 140 Å². The van der Waals surface area contributed by atoms with Crippen LogP contribution in [0.15, 0.2) is 29.4 Å². The van der Waals surface area contributed by atoms with E-state index in [0.717, 1.165) is 22.8 Å². The monoisotopic (exact) mass is 343 g/mol. The summed E-state index contributed by atoms with van der Waals surface area (Å²) in [5.41, 5.74) is 0. The van der Waals surface area contributed by atoms with Gasteiger partial charge in [0.15, 0.2) is 0 Å². The molecule has 8 heteroatoms. The number of carbonyl (C=O) groups excluding carboxylic acids is 2. The van der Waals surface area contributed by atoms with Crippen molar-refractivity contribution in [3.8, 4) is 0 Å². The smallest absolute Gasteiger partial charge is 0.272 e. The van der Waals surface area contributed by atoms with Crippen LogP contribution < -0.4 is 0 Å². The number of allylic oxidation sites excluding steroid dienone is 2. The molecule has 6 rings (SSSR count). The lowest BCUT2D eigenvalue weighted by molar-refractivity contribution is -0.380. The quantitative estimate of drug-likeness (QED) is 0.276. The molecule has 0 unspecified atom stereocenters. The number of hydrazone groups is 1. The molecule has 0 radical (unpaired) electrons. The van der Waals surface area contributed by atoms with Crippen molar-refractivity contribution in [1.82, 2.24) is 5.01 Å². The Morgan fingerprint density at radius 3 is 2.33 bits per heavy atom. The van der Waals surface area contributed by atoms with Gasteiger partial charge in [-0.25, -0.2) is 0 Å². The van der Waals surface area contributed by atoms with Gasteiger partial charge in [-0.05, 0) is 36.2 Å². The minimum atomic E-state index is -0.474. The lowest BCUT2D eigenvalue weighted by Gasteiger charge is -2.37. The second-order valence-electron chi connectivity index (χ2n) is 6.82. The van der Waals surface area contributed by atoms with Gasteiger partial charge in [-0.1, -0.05) is 23.5 Å². The van der Waals surface area contributed by atoms with E-state index < -0.39 is 4.92 Å². The zero-order valence-corrected chi connectivity index (χ0v) is 13.3. The number of nitrogens with zero attached hydrogens (tertiary/aromatic N) is 3. The molecule has 5 aliphatic rings. The van der Waals surface area contributed by atoms with Crippen molar-refractivity contribution in [2.24, 2.45) is 40.6 Å². The van der Waals surface area contributed by atoms with Crippen LogP contribution in [0.2, 0.25) is 0 Å². The molecule has 0 spiro atoms. The first-order chi connectivity index (χ1) is 11.6. The molecule has 1 aromatic rings. The summed E-state index contributed by atoms with van der Waals surface area (Å²) >= 11 is 0.963. The minimum Gasteiger partial charge on any atom is -0.272 e. The number of carbonyl (C=O) groups is 2. The second-order valence-corrected chi connectivity index (χ2v) is 7.91. The Morgan fingerprint density at radius 2 is 1.79 bits per heavy atom. The molecule has 2 amide bonds. The van der Waals surface area contributed by atoms with Crippen LogP contribution >= 0.6 is 11.3 Å². The average molecular weight is 343 g/mol. The number of imide groups is 1. The van der Waals surface area contributed by atoms with Crippen LogP contribution in [-0.2, 0) is 9.59 Å². The Hall–Kier alpha value is -2.35. The van der Waals surface area contributed by atoms with Gasteiger partial charge < -0.3 is 0 Å². The number of nitro groups is 1. The zero-order valence-electron chi connectivity index (χ0n) is 12.4. The Balaban J connectivity index is 1.42. The van der Waals surface area contributed by atoms with Crippen molar-refractivity contribution in [1.29, 1.82) is 0 Å². The number of hydrogen-bond acceptors (Lipinski definition) is 6. The van der Waals surface area contributed by atoms with E-state index in [0.29, 0.717) is 16.7 Å².